The molecule has 3 aromatic rings. The molecule has 1 aromatic carbocycles. The van der Waals surface area contributed by atoms with E-state index in [9.17, 15) is 18.0 Å². The van der Waals surface area contributed by atoms with Crippen LogP contribution in [0.15, 0.2) is 36.5 Å². The lowest BCUT2D eigenvalue weighted by Crippen LogP contribution is -2.29. The number of hydrogen-bond acceptors (Lipinski definition) is 3. The summed E-state index contributed by atoms with van der Waals surface area (Å²) >= 11 is 0. The third-order valence-corrected chi connectivity index (χ3v) is 4.26. The van der Waals surface area contributed by atoms with E-state index in [-0.39, 0.29) is 17.1 Å². The molecule has 0 atom stereocenters. The number of rotatable bonds is 6. The van der Waals surface area contributed by atoms with E-state index in [4.69, 9.17) is 0 Å². The average molecular weight is 391 g/mol. The number of aromatic nitrogens is 3. The normalized spacial score (nSPS) is 11.6. The number of carbonyl (C=O) groups excluding carboxylic acids is 1. The Hall–Kier alpha value is -3.10. The minimum atomic E-state index is -4.57. The van der Waals surface area contributed by atoms with Crippen molar-refractivity contribution in [2.24, 2.45) is 0 Å². The van der Waals surface area contributed by atoms with E-state index in [2.05, 4.69) is 27.6 Å². The first-order valence-electron chi connectivity index (χ1n) is 8.95. The maximum absolute atomic E-state index is 13.3. The molecule has 9 heteroatoms. The largest absolute Gasteiger partial charge is 0.433 e. The average Bonchev–Trinajstić information content (AvgIpc) is 3.11. The highest BCUT2D eigenvalue weighted by Crippen LogP contribution is 2.37. The lowest BCUT2D eigenvalue weighted by molar-refractivity contribution is -0.139. The van der Waals surface area contributed by atoms with Crippen LogP contribution in [0.3, 0.4) is 0 Å². The maximum Gasteiger partial charge on any atom is 0.433 e. The molecule has 2 aromatic heterocycles. The fraction of sp³-hybridized carbons (Fsp3) is 0.316. The highest BCUT2D eigenvalue weighted by Gasteiger charge is 2.36. The fourth-order valence-electron chi connectivity index (χ4n) is 2.88. The van der Waals surface area contributed by atoms with Crippen LogP contribution in [-0.4, -0.2) is 27.8 Å². The quantitative estimate of drug-likeness (QED) is 0.520. The Morgan fingerprint density at radius 3 is 2.57 bits per heavy atom. The molecule has 6 nitrogen and oxygen atoms in total. The highest BCUT2D eigenvalue weighted by molar-refractivity contribution is 5.95. The second-order valence-electron chi connectivity index (χ2n) is 6.32. The van der Waals surface area contributed by atoms with E-state index in [1.807, 2.05) is 5.10 Å². The zero-order valence-corrected chi connectivity index (χ0v) is 15.2. The van der Waals surface area contributed by atoms with Crippen LogP contribution in [0.5, 0.6) is 0 Å². The van der Waals surface area contributed by atoms with E-state index in [0.717, 1.165) is 19.3 Å². The van der Waals surface area contributed by atoms with E-state index >= 15 is 0 Å². The first-order chi connectivity index (χ1) is 13.4. The van der Waals surface area contributed by atoms with E-state index in [1.54, 1.807) is 24.3 Å². The van der Waals surface area contributed by atoms with E-state index < -0.39 is 11.9 Å². The molecule has 2 heterocycles. The number of hydrogen-bond donors (Lipinski definition) is 3. The second-order valence-corrected chi connectivity index (χ2v) is 6.32. The summed E-state index contributed by atoms with van der Waals surface area (Å²) in [5.41, 5.74) is 0.540. The topological polar surface area (TPSA) is 82.7 Å². The van der Waals surface area contributed by atoms with Gasteiger partial charge in [-0.1, -0.05) is 31.9 Å². The number of aromatic amines is 1. The van der Waals surface area contributed by atoms with Gasteiger partial charge in [-0.3, -0.25) is 5.10 Å². The molecule has 0 saturated carbocycles. The number of alkyl halides is 3. The third-order valence-electron chi connectivity index (χ3n) is 4.26. The standard InChI is InChI=1S/C19H20F3N5O/c1-2-3-4-10-24-18(28)25-13-7-5-12(6-8-13)14-9-11-23-17-15(14)16(26-27-17)19(20,21)22/h5-9,11H,2-4,10H2,1H3,(H,23,26,27)(H2,24,25,28). The summed E-state index contributed by atoms with van der Waals surface area (Å²) < 4.78 is 39.8. The number of benzene rings is 1. The van der Waals surface area contributed by atoms with E-state index in [0.29, 0.717) is 23.4 Å². The van der Waals surface area contributed by atoms with Crippen molar-refractivity contribution < 1.29 is 18.0 Å². The number of H-pyrrole nitrogens is 1. The molecule has 0 radical (unpaired) electrons. The smallest absolute Gasteiger partial charge is 0.338 e. The number of urea groups is 1. The molecule has 0 saturated heterocycles. The SMILES string of the molecule is CCCCCNC(=O)Nc1ccc(-c2ccnc3n[nH]c(C(F)(F)F)c23)cc1. The first-order valence-corrected chi connectivity index (χ1v) is 8.95. The molecule has 0 aliphatic rings. The Morgan fingerprint density at radius 1 is 1.14 bits per heavy atom. The van der Waals surface area contributed by atoms with Gasteiger partial charge in [0, 0.05) is 18.4 Å². The molecule has 0 fully saturated rings. The molecule has 0 aliphatic carbocycles. The Morgan fingerprint density at radius 2 is 1.89 bits per heavy atom. The summed E-state index contributed by atoms with van der Waals surface area (Å²) in [6.45, 7) is 2.67. The van der Waals surface area contributed by atoms with Crippen molar-refractivity contribution in [3.63, 3.8) is 0 Å². The summed E-state index contributed by atoms with van der Waals surface area (Å²) in [7, 11) is 0. The number of carbonyl (C=O) groups is 1. The predicted molar refractivity (Wildman–Crippen MR) is 101 cm³/mol. The van der Waals surface area contributed by atoms with Gasteiger partial charge in [0.2, 0.25) is 0 Å². The maximum atomic E-state index is 13.3. The van der Waals surface area contributed by atoms with Crippen molar-refractivity contribution in [1.82, 2.24) is 20.5 Å². The van der Waals surface area contributed by atoms with Crippen LogP contribution >= 0.6 is 0 Å². The lowest BCUT2D eigenvalue weighted by Gasteiger charge is -2.10. The van der Waals surface area contributed by atoms with Crippen molar-refractivity contribution in [3.8, 4) is 11.1 Å². The number of nitrogens with zero attached hydrogens (tertiary/aromatic N) is 2. The van der Waals surface area contributed by atoms with Crippen LogP contribution in [0.4, 0.5) is 23.7 Å². The van der Waals surface area contributed by atoms with Gasteiger partial charge in [0.1, 0.15) is 5.69 Å². The fourth-order valence-corrected chi connectivity index (χ4v) is 2.88. The summed E-state index contributed by atoms with van der Waals surface area (Å²) in [5, 5.41) is 11.1. The molecule has 0 aliphatic heterocycles. The third kappa shape index (κ3) is 4.41. The Bertz CT molecular complexity index is 950. The van der Waals surface area contributed by atoms with Gasteiger partial charge < -0.3 is 10.6 Å². The van der Waals surface area contributed by atoms with Gasteiger partial charge >= 0.3 is 12.2 Å². The number of pyridine rings is 1. The Balaban J connectivity index is 1.79. The van der Waals surface area contributed by atoms with Gasteiger partial charge in [-0.25, -0.2) is 9.78 Å². The molecule has 2 amide bonds. The molecule has 0 bridgehead atoms. The molecular weight excluding hydrogens is 371 g/mol. The van der Waals surface area contributed by atoms with Gasteiger partial charge in [0.25, 0.3) is 0 Å². The molecule has 148 valence electrons. The van der Waals surface area contributed by atoms with Crippen molar-refractivity contribution in [1.29, 1.82) is 0 Å². The number of amides is 2. The highest BCUT2D eigenvalue weighted by atomic mass is 19.4. The van der Waals surface area contributed by atoms with Gasteiger partial charge in [0.15, 0.2) is 5.65 Å². The molecule has 0 spiro atoms. The van der Waals surface area contributed by atoms with Gasteiger partial charge in [0.05, 0.1) is 5.39 Å². The van der Waals surface area contributed by atoms with Crippen molar-refractivity contribution in [2.75, 3.05) is 11.9 Å². The minimum absolute atomic E-state index is 0.00140. The molecule has 3 rings (SSSR count). The lowest BCUT2D eigenvalue weighted by atomic mass is 10.0. The van der Waals surface area contributed by atoms with Crippen LogP contribution in [0, 0.1) is 0 Å². The molecule has 28 heavy (non-hydrogen) atoms. The zero-order chi connectivity index (χ0) is 20.1. The van der Waals surface area contributed by atoms with Crippen LogP contribution in [0.1, 0.15) is 31.9 Å². The molecule has 3 N–H and O–H groups in total. The van der Waals surface area contributed by atoms with E-state index in [1.165, 1.54) is 12.3 Å². The van der Waals surface area contributed by atoms with Crippen LogP contribution < -0.4 is 10.6 Å². The number of fused-ring (bicyclic) bond motifs is 1. The monoisotopic (exact) mass is 391 g/mol. The van der Waals surface area contributed by atoms with Crippen molar-refractivity contribution >= 4 is 22.8 Å². The predicted octanol–water partition coefficient (Wildman–Crippen LogP) is 4.96. The summed E-state index contributed by atoms with van der Waals surface area (Å²) in [6, 6.07) is 7.77. The van der Waals surface area contributed by atoms with Crippen LogP contribution in [-0.2, 0) is 6.18 Å². The summed E-state index contributed by atoms with van der Waals surface area (Å²) in [4.78, 5) is 15.8. The van der Waals surface area contributed by atoms with Crippen LogP contribution in [0.25, 0.3) is 22.2 Å². The van der Waals surface area contributed by atoms with Gasteiger partial charge in [-0.2, -0.15) is 18.3 Å². The minimum Gasteiger partial charge on any atom is -0.338 e. The number of anilines is 1. The first kappa shape index (κ1) is 19.7. The number of halogens is 3. The van der Waals surface area contributed by atoms with Gasteiger partial charge in [-0.15, -0.1) is 0 Å². The van der Waals surface area contributed by atoms with Crippen molar-refractivity contribution in [3.05, 3.63) is 42.2 Å². The number of unbranched alkanes of at least 4 members (excludes halogenated alkanes) is 2. The van der Waals surface area contributed by atoms with Crippen molar-refractivity contribution in [2.45, 2.75) is 32.4 Å². The Kier molecular flexibility index (Phi) is 5.81. The second kappa shape index (κ2) is 8.28. The molecular formula is C19H20F3N5O. The van der Waals surface area contributed by atoms with Gasteiger partial charge in [-0.05, 0) is 35.7 Å². The zero-order valence-electron chi connectivity index (χ0n) is 15.2. The summed E-state index contributed by atoms with van der Waals surface area (Å²) in [6.07, 6.45) is -0.130. The Labute approximate surface area is 159 Å². The van der Waals surface area contributed by atoms with Crippen LogP contribution in [0.2, 0.25) is 0 Å². The molecule has 0 unspecified atom stereocenters. The number of nitrogens with one attached hydrogen (secondary N) is 3. The summed E-state index contributed by atoms with van der Waals surface area (Å²) in [5.74, 6) is 0.